The number of unbranched alkanes of at least 4 members (excludes halogenated alkanes) is 1. The Kier molecular flexibility index (Phi) is 6.92. The lowest BCUT2D eigenvalue weighted by molar-refractivity contribution is -0.123. The molecule has 0 spiro atoms. The van der Waals surface area contributed by atoms with Crippen LogP contribution in [0.25, 0.3) is 0 Å². The number of halogens is 1. The Morgan fingerprint density at radius 3 is 2.35 bits per heavy atom. The van der Waals surface area contributed by atoms with E-state index in [9.17, 15) is 14.0 Å². The molecule has 3 nitrogen and oxygen atoms in total. The van der Waals surface area contributed by atoms with Gasteiger partial charge in [-0.1, -0.05) is 47.5 Å². The lowest BCUT2D eigenvalue weighted by Crippen LogP contribution is -2.28. The Labute approximate surface area is 138 Å². The number of hydrogen-bond acceptors (Lipinski definition) is 2. The van der Waals surface area contributed by atoms with E-state index in [4.69, 9.17) is 0 Å². The van der Waals surface area contributed by atoms with E-state index >= 15 is 0 Å². The van der Waals surface area contributed by atoms with Crippen LogP contribution in [0.15, 0.2) is 18.2 Å². The van der Waals surface area contributed by atoms with Crippen molar-refractivity contribution < 1.29 is 14.0 Å². The van der Waals surface area contributed by atoms with E-state index in [0.717, 1.165) is 25.7 Å². The number of rotatable bonds is 7. The molecule has 128 valence electrons. The molecular weight excluding hydrogens is 293 g/mol. The summed E-state index contributed by atoms with van der Waals surface area (Å²) in [5, 5.41) is 2.57. The smallest absolute Gasteiger partial charge is 0.229 e. The Morgan fingerprint density at radius 2 is 1.87 bits per heavy atom. The van der Waals surface area contributed by atoms with Gasteiger partial charge in [0, 0.05) is 16.9 Å². The number of nitrogens with one attached hydrogen (secondary N) is 1. The molecule has 1 aromatic carbocycles. The quantitative estimate of drug-likeness (QED) is 0.701. The Hall–Kier alpha value is -1.71. The number of carbonyl (C=O) groups is 2. The van der Waals surface area contributed by atoms with Crippen LogP contribution in [0.1, 0.15) is 70.7 Å². The average Bonchev–Trinajstić information content (AvgIpc) is 2.48. The van der Waals surface area contributed by atoms with Gasteiger partial charge < -0.3 is 5.32 Å². The van der Waals surface area contributed by atoms with Crippen molar-refractivity contribution in [3.05, 3.63) is 29.6 Å². The third-order valence-corrected chi connectivity index (χ3v) is 3.95. The van der Waals surface area contributed by atoms with Crippen molar-refractivity contribution in [3.63, 3.8) is 0 Å². The monoisotopic (exact) mass is 321 g/mol. The maximum atomic E-state index is 14.2. The van der Waals surface area contributed by atoms with Crippen LogP contribution in [0, 0.1) is 17.2 Å². The van der Waals surface area contributed by atoms with Crippen LogP contribution in [0.5, 0.6) is 0 Å². The summed E-state index contributed by atoms with van der Waals surface area (Å²) in [5.41, 5.74) is -0.115. The summed E-state index contributed by atoms with van der Waals surface area (Å²) < 4.78 is 14.2. The predicted molar refractivity (Wildman–Crippen MR) is 92.1 cm³/mol. The van der Waals surface area contributed by atoms with Crippen molar-refractivity contribution in [1.82, 2.24) is 0 Å². The van der Waals surface area contributed by atoms with Crippen LogP contribution in [-0.2, 0) is 4.79 Å². The van der Waals surface area contributed by atoms with Gasteiger partial charge in [-0.05, 0) is 31.0 Å². The summed E-state index contributed by atoms with van der Waals surface area (Å²) in [4.78, 5) is 24.4. The molecular formula is C19H28FNO2. The van der Waals surface area contributed by atoms with E-state index in [2.05, 4.69) is 12.2 Å². The normalized spacial score (nSPS) is 12.8. The first-order valence-corrected chi connectivity index (χ1v) is 8.35. The zero-order valence-corrected chi connectivity index (χ0v) is 14.8. The summed E-state index contributed by atoms with van der Waals surface area (Å²) in [6, 6.07) is 4.30. The highest BCUT2D eigenvalue weighted by Crippen LogP contribution is 2.24. The van der Waals surface area contributed by atoms with Gasteiger partial charge in [-0.25, -0.2) is 4.39 Å². The molecule has 0 aromatic heterocycles. The third kappa shape index (κ3) is 5.45. The minimum atomic E-state index is -0.603. The number of ketones is 1. The van der Waals surface area contributed by atoms with Gasteiger partial charge in [0.2, 0.25) is 5.91 Å². The van der Waals surface area contributed by atoms with Crippen LogP contribution in [0.2, 0.25) is 0 Å². The zero-order chi connectivity index (χ0) is 17.6. The Bertz CT molecular complexity index is 561. The molecule has 1 amide bonds. The van der Waals surface area contributed by atoms with Crippen molar-refractivity contribution in [1.29, 1.82) is 0 Å². The van der Waals surface area contributed by atoms with Gasteiger partial charge in [0.25, 0.3) is 0 Å². The van der Waals surface area contributed by atoms with Crippen LogP contribution >= 0.6 is 0 Å². The van der Waals surface area contributed by atoms with Crippen LogP contribution in [0.3, 0.4) is 0 Å². The second-order valence-electron chi connectivity index (χ2n) is 7.01. The molecule has 1 N–H and O–H groups in total. The number of carbonyl (C=O) groups excluding carboxylic acids is 2. The highest BCUT2D eigenvalue weighted by molar-refractivity contribution is 5.99. The van der Waals surface area contributed by atoms with Crippen LogP contribution in [0.4, 0.5) is 10.1 Å². The van der Waals surface area contributed by atoms with Gasteiger partial charge >= 0.3 is 0 Å². The standard InChI is InChI=1S/C19H28FNO2/c1-6-8-9-13(7-2)17(22)14-10-11-16(15(20)12-14)21-18(23)19(3,4)5/h10-13H,6-9H2,1-5H3,(H,21,23). The van der Waals surface area contributed by atoms with E-state index in [1.807, 2.05) is 6.92 Å². The third-order valence-electron chi connectivity index (χ3n) is 3.95. The van der Waals surface area contributed by atoms with E-state index in [0.29, 0.717) is 5.56 Å². The molecule has 1 rings (SSSR count). The second kappa shape index (κ2) is 8.23. The predicted octanol–water partition coefficient (Wildman–Crippen LogP) is 5.21. The van der Waals surface area contributed by atoms with Crippen molar-refractivity contribution in [2.45, 2.75) is 60.3 Å². The summed E-state index contributed by atoms with van der Waals surface area (Å²) in [7, 11) is 0. The molecule has 0 aliphatic heterocycles. The molecule has 1 aromatic rings. The molecule has 0 fully saturated rings. The van der Waals surface area contributed by atoms with E-state index < -0.39 is 11.2 Å². The van der Waals surface area contributed by atoms with Gasteiger partial charge in [0.1, 0.15) is 5.82 Å². The molecule has 0 radical (unpaired) electrons. The summed E-state index contributed by atoms with van der Waals surface area (Å²) >= 11 is 0. The van der Waals surface area contributed by atoms with Gasteiger partial charge in [-0.3, -0.25) is 9.59 Å². The number of benzene rings is 1. The Balaban J connectivity index is 2.90. The van der Waals surface area contributed by atoms with Gasteiger partial charge in [0.15, 0.2) is 5.78 Å². The summed E-state index contributed by atoms with van der Waals surface area (Å²) in [6.07, 6.45) is 3.61. The molecule has 4 heteroatoms. The van der Waals surface area contributed by atoms with Crippen LogP contribution < -0.4 is 5.32 Å². The maximum absolute atomic E-state index is 14.2. The van der Waals surface area contributed by atoms with Gasteiger partial charge in [-0.2, -0.15) is 0 Å². The number of anilines is 1. The van der Waals surface area contributed by atoms with Crippen molar-refractivity contribution in [2.24, 2.45) is 11.3 Å². The molecule has 0 saturated carbocycles. The molecule has 0 heterocycles. The molecule has 0 saturated heterocycles. The average molecular weight is 321 g/mol. The minimum absolute atomic E-state index is 0.0199. The van der Waals surface area contributed by atoms with Crippen LogP contribution in [-0.4, -0.2) is 11.7 Å². The largest absolute Gasteiger partial charge is 0.323 e. The molecule has 0 bridgehead atoms. The fourth-order valence-electron chi connectivity index (χ4n) is 2.29. The summed E-state index contributed by atoms with van der Waals surface area (Å²) in [5.74, 6) is -0.915. The fraction of sp³-hybridized carbons (Fsp3) is 0.579. The molecule has 23 heavy (non-hydrogen) atoms. The van der Waals surface area contributed by atoms with Gasteiger partial charge in [0.05, 0.1) is 5.69 Å². The SMILES string of the molecule is CCCCC(CC)C(=O)c1ccc(NC(=O)C(C)(C)C)c(F)c1. The molecule has 1 atom stereocenters. The number of Topliss-reactive ketones (excluding diaryl/α,β-unsaturated/α-hetero) is 1. The van der Waals surface area contributed by atoms with Crippen molar-refractivity contribution in [3.8, 4) is 0 Å². The number of amides is 1. The second-order valence-corrected chi connectivity index (χ2v) is 7.01. The van der Waals surface area contributed by atoms with Crippen molar-refractivity contribution >= 4 is 17.4 Å². The van der Waals surface area contributed by atoms with E-state index in [1.165, 1.54) is 12.1 Å². The van der Waals surface area contributed by atoms with Crippen molar-refractivity contribution in [2.75, 3.05) is 5.32 Å². The lowest BCUT2D eigenvalue weighted by atomic mass is 9.90. The van der Waals surface area contributed by atoms with E-state index in [-0.39, 0.29) is 23.3 Å². The maximum Gasteiger partial charge on any atom is 0.229 e. The molecule has 0 aliphatic rings. The van der Waals surface area contributed by atoms with Gasteiger partial charge in [-0.15, -0.1) is 0 Å². The Morgan fingerprint density at radius 1 is 1.22 bits per heavy atom. The topological polar surface area (TPSA) is 46.2 Å². The highest BCUT2D eigenvalue weighted by atomic mass is 19.1. The highest BCUT2D eigenvalue weighted by Gasteiger charge is 2.23. The first-order chi connectivity index (χ1) is 10.7. The first kappa shape index (κ1) is 19.3. The first-order valence-electron chi connectivity index (χ1n) is 8.35. The molecule has 1 unspecified atom stereocenters. The summed E-state index contributed by atoms with van der Waals surface area (Å²) in [6.45, 7) is 9.35. The zero-order valence-electron chi connectivity index (χ0n) is 14.8. The lowest BCUT2D eigenvalue weighted by Gasteiger charge is -2.18. The minimum Gasteiger partial charge on any atom is -0.323 e. The molecule has 0 aliphatic carbocycles. The number of hydrogen-bond donors (Lipinski definition) is 1. The van der Waals surface area contributed by atoms with E-state index in [1.54, 1.807) is 26.8 Å². The fourth-order valence-corrected chi connectivity index (χ4v) is 2.29.